The molecule has 7 rings (SSSR count). The third-order valence-corrected chi connectivity index (χ3v) is 14.4. The summed E-state index contributed by atoms with van der Waals surface area (Å²) in [5.74, 6) is -10.6. The normalized spacial score (nSPS) is 16.3. The predicted molar refractivity (Wildman–Crippen MR) is 274 cm³/mol. The number of pyridine rings is 1. The van der Waals surface area contributed by atoms with Crippen LogP contribution in [0.1, 0.15) is 81.8 Å². The van der Waals surface area contributed by atoms with E-state index in [0.29, 0.717) is 35.9 Å². The van der Waals surface area contributed by atoms with E-state index in [4.69, 9.17) is 27.0 Å². The van der Waals surface area contributed by atoms with Gasteiger partial charge in [-0.05, 0) is 92.7 Å². The summed E-state index contributed by atoms with van der Waals surface area (Å²) in [6, 6.07) is 11.0. The van der Waals surface area contributed by atoms with Gasteiger partial charge in [0.05, 0.1) is 57.5 Å². The van der Waals surface area contributed by atoms with Crippen LogP contribution < -0.4 is 25.2 Å². The molecule has 79 heavy (non-hydrogen) atoms. The number of rotatable bonds is 17. The Bertz CT molecular complexity index is 3210. The van der Waals surface area contributed by atoms with Gasteiger partial charge in [-0.25, -0.2) is 22.5 Å². The number of nitriles is 1. The minimum absolute atomic E-state index is 0.199. The molecule has 5 aromatic rings. The molecular weight excluding hydrogens is 1100 g/mol. The fraction of sp³-hybridized carbons (Fsp3) is 0.396. The molecule has 0 aliphatic carbocycles. The number of anilines is 2. The highest BCUT2D eigenvalue weighted by atomic mass is 32.1. The van der Waals surface area contributed by atoms with Crippen LogP contribution in [0.4, 0.5) is 55.3 Å². The van der Waals surface area contributed by atoms with E-state index >= 15 is 17.6 Å². The van der Waals surface area contributed by atoms with E-state index < -0.39 is 141 Å². The predicted octanol–water partition coefficient (Wildman–Crippen LogP) is 10.5. The molecule has 2 saturated heterocycles. The lowest BCUT2D eigenvalue weighted by atomic mass is 9.85. The highest BCUT2D eigenvalue weighted by molar-refractivity contribution is 7.81. The summed E-state index contributed by atoms with van der Waals surface area (Å²) >= 11 is 6.86. The average Bonchev–Trinajstić information content (AvgIpc) is 4.29. The largest absolute Gasteiger partial charge is 0.493 e. The number of carbonyl (C=O) groups is 4. The molecule has 2 aliphatic heterocycles. The molecule has 0 bridgehead atoms. The van der Waals surface area contributed by atoms with Gasteiger partial charge in [0.1, 0.15) is 47.8 Å². The second kappa shape index (κ2) is 22.9. The van der Waals surface area contributed by atoms with Crippen molar-refractivity contribution in [2.45, 2.75) is 103 Å². The maximum absolute atomic E-state index is 15.9. The molecule has 4 amide bonds. The Hall–Kier alpha value is -7.24. The number of nitrogens with one attached hydrogen (secondary N) is 2. The minimum Gasteiger partial charge on any atom is -0.493 e. The molecule has 0 spiro atoms. The summed E-state index contributed by atoms with van der Waals surface area (Å²) in [6.07, 6.45) is -9.97. The maximum atomic E-state index is 15.9. The van der Waals surface area contributed by atoms with Crippen molar-refractivity contribution in [3.8, 4) is 33.5 Å². The number of benzene rings is 3. The van der Waals surface area contributed by atoms with Crippen molar-refractivity contribution in [1.29, 1.82) is 5.26 Å². The van der Waals surface area contributed by atoms with Crippen molar-refractivity contribution < 1.29 is 72.6 Å². The number of hydrogen-bond donors (Lipinski definition) is 2. The Morgan fingerprint density at radius 1 is 0.962 bits per heavy atom. The lowest BCUT2D eigenvalue weighted by Gasteiger charge is -2.35. The van der Waals surface area contributed by atoms with Crippen LogP contribution in [0.3, 0.4) is 0 Å². The Morgan fingerprint density at radius 3 is 2.27 bits per heavy atom. The van der Waals surface area contributed by atoms with Crippen molar-refractivity contribution in [2.24, 2.45) is 5.41 Å². The van der Waals surface area contributed by atoms with E-state index in [0.717, 1.165) is 51.0 Å². The van der Waals surface area contributed by atoms with Gasteiger partial charge in [-0.3, -0.25) is 29.1 Å². The molecule has 26 heteroatoms. The van der Waals surface area contributed by atoms with Crippen LogP contribution in [-0.4, -0.2) is 93.5 Å². The molecule has 2 aliphatic rings. The monoisotopic (exact) mass is 1150 g/mol. The van der Waals surface area contributed by atoms with Crippen LogP contribution in [-0.2, 0) is 42.8 Å². The Kier molecular flexibility index (Phi) is 17.2. The van der Waals surface area contributed by atoms with Crippen LogP contribution in [0.15, 0.2) is 72.4 Å². The molecule has 0 radical (unpaired) electrons. The number of aryl methyl sites for hydroxylation is 1. The van der Waals surface area contributed by atoms with Gasteiger partial charge >= 0.3 is 12.4 Å². The van der Waals surface area contributed by atoms with Crippen LogP contribution in [0.25, 0.3) is 21.7 Å². The number of amides is 4. The molecule has 0 saturated carbocycles. The Labute approximate surface area is 455 Å². The summed E-state index contributed by atoms with van der Waals surface area (Å²) in [6.45, 7) is 6.69. The van der Waals surface area contributed by atoms with Gasteiger partial charge in [-0.15, -0.1) is 11.3 Å². The number of nitrogens with zero attached hydrogens (tertiary/aromatic N) is 6. The van der Waals surface area contributed by atoms with Crippen LogP contribution >= 0.6 is 23.6 Å². The van der Waals surface area contributed by atoms with E-state index in [1.165, 1.54) is 36.2 Å². The number of ether oxygens (including phenoxy) is 2. The zero-order valence-corrected chi connectivity index (χ0v) is 44.6. The molecule has 420 valence electrons. The van der Waals surface area contributed by atoms with Gasteiger partial charge in [0, 0.05) is 31.1 Å². The molecular formula is C53H50F10N8O6S2. The Balaban J connectivity index is 0.936. The molecule has 2 fully saturated rings. The second-order valence-corrected chi connectivity index (χ2v) is 21.4. The van der Waals surface area contributed by atoms with E-state index in [1.807, 2.05) is 31.2 Å². The van der Waals surface area contributed by atoms with E-state index in [9.17, 15) is 45.5 Å². The van der Waals surface area contributed by atoms with Crippen LogP contribution in [0, 0.1) is 35.3 Å². The number of alkyl halides is 8. The Morgan fingerprint density at radius 2 is 1.66 bits per heavy atom. The van der Waals surface area contributed by atoms with E-state index in [-0.39, 0.29) is 24.7 Å². The molecule has 14 nitrogen and oxygen atoms in total. The number of likely N-dealkylation sites (tertiary alicyclic amines) is 1. The molecule has 4 heterocycles. The lowest BCUT2D eigenvalue weighted by molar-refractivity contribution is -0.145. The number of thiocarbonyl (C=S) groups is 1. The first-order chi connectivity index (χ1) is 36.8. The van der Waals surface area contributed by atoms with E-state index in [1.54, 1.807) is 26.3 Å². The SMILES string of the molecule is Cc1ncsc1-c1ccc(CNC(=O)C2CCCN2C(=O)C(NC(=O)COCC(F)(F)CCOc2ccc(-c3ncc(N4C(=S)N(c5ccc(C#N)c(C(F)(F)F)c5F)C(=O)C4(C)C)cc3F)c(C(F)(F)F)c2)C(C)(C)C)cc1. The maximum Gasteiger partial charge on any atom is 0.420 e. The molecule has 2 unspecified atom stereocenters. The third kappa shape index (κ3) is 12.9. The van der Waals surface area contributed by atoms with Crippen molar-refractivity contribution in [1.82, 2.24) is 25.5 Å². The van der Waals surface area contributed by atoms with Crippen LogP contribution in [0.2, 0.25) is 0 Å². The fourth-order valence-electron chi connectivity index (χ4n) is 9.01. The summed E-state index contributed by atoms with van der Waals surface area (Å²) in [5.41, 5.74) is -5.90. The smallest absolute Gasteiger partial charge is 0.420 e. The third-order valence-electron chi connectivity index (χ3n) is 13.0. The minimum atomic E-state index is -5.37. The standard InChI is InChI=1S/C53H50F10N8O6S2/c1-28-43(79-27-67-28)30-11-9-29(10-12-30)23-66-45(73)38-8-7-18-69(38)46(74)44(49(2,3)4)68-39(72)25-76-26-51(56,57)17-19-77-33-14-15-34(35(21-33)52(58,59)60)42-36(54)20-32(24-65-42)71-48(78)70(47(75)50(71,5)6)37-16-13-31(22-64)40(41(37)55)53(61,62)63/h9-16,20-21,24,27,38,44H,7-8,17-19,23,25-26H2,1-6H3,(H,66,73)(H,68,72). The molecule has 3 aromatic carbocycles. The summed E-state index contributed by atoms with van der Waals surface area (Å²) in [5, 5.41) is 13.9. The van der Waals surface area contributed by atoms with Gasteiger partial charge in [0.15, 0.2) is 16.7 Å². The van der Waals surface area contributed by atoms with Crippen LogP contribution in [0.5, 0.6) is 5.75 Å². The van der Waals surface area contributed by atoms with Crippen molar-refractivity contribution in [3.05, 3.63) is 112 Å². The number of aromatic nitrogens is 2. The fourth-order valence-corrected chi connectivity index (χ4v) is 10.3. The number of thiazole rings is 1. The topological polar surface area (TPSA) is 170 Å². The highest BCUT2D eigenvalue weighted by Crippen LogP contribution is 2.44. The first-order valence-electron chi connectivity index (χ1n) is 24.2. The average molecular weight is 1150 g/mol. The quantitative estimate of drug-likeness (QED) is 0.0671. The van der Waals surface area contributed by atoms with Gasteiger partial charge in [-0.1, -0.05) is 45.0 Å². The first kappa shape index (κ1) is 59.4. The molecule has 2 N–H and O–H groups in total. The molecule has 2 aromatic heterocycles. The number of hydrogen-bond acceptors (Lipinski definition) is 11. The second-order valence-electron chi connectivity index (χ2n) is 20.2. The van der Waals surface area contributed by atoms with Gasteiger partial charge in [0.2, 0.25) is 17.7 Å². The zero-order valence-electron chi connectivity index (χ0n) is 43.0. The number of carbonyl (C=O) groups excluding carboxylic acids is 4. The highest BCUT2D eigenvalue weighted by Gasteiger charge is 2.52. The van der Waals surface area contributed by atoms with Gasteiger partial charge < -0.3 is 29.9 Å². The summed E-state index contributed by atoms with van der Waals surface area (Å²) in [4.78, 5) is 65.9. The lowest BCUT2D eigenvalue weighted by Crippen LogP contribution is -2.58. The number of halogens is 10. The van der Waals surface area contributed by atoms with Crippen molar-refractivity contribution in [3.63, 3.8) is 0 Å². The zero-order chi connectivity index (χ0) is 58.2. The molecule has 2 atom stereocenters. The van der Waals surface area contributed by atoms with E-state index in [2.05, 4.69) is 20.6 Å². The summed E-state index contributed by atoms with van der Waals surface area (Å²) in [7, 11) is 0. The van der Waals surface area contributed by atoms with Gasteiger partial charge in [-0.2, -0.15) is 31.6 Å². The van der Waals surface area contributed by atoms with Gasteiger partial charge in [0.25, 0.3) is 11.8 Å². The van der Waals surface area contributed by atoms with Crippen molar-refractivity contribution in [2.75, 3.05) is 36.2 Å². The first-order valence-corrected chi connectivity index (χ1v) is 25.5. The van der Waals surface area contributed by atoms with Crippen molar-refractivity contribution >= 4 is 63.7 Å². The summed E-state index contributed by atoms with van der Waals surface area (Å²) < 4.78 is 157.